The van der Waals surface area contributed by atoms with Crippen molar-refractivity contribution >= 4 is 60.2 Å². The number of hydrogen-bond donors (Lipinski definition) is 0. The molecule has 0 spiro atoms. The Hall–Kier alpha value is -5.48. The summed E-state index contributed by atoms with van der Waals surface area (Å²) in [4.78, 5) is 9.73. The maximum Gasteiger partial charge on any atom is 0.146 e. The van der Waals surface area contributed by atoms with E-state index >= 15 is 0 Å². The van der Waals surface area contributed by atoms with Crippen LogP contribution in [0.25, 0.3) is 77.0 Å². The Morgan fingerprint density at radius 3 is 2.32 bits per heavy atom. The molecular formula is C37H22N4. The van der Waals surface area contributed by atoms with Crippen LogP contribution in [0.4, 0.5) is 0 Å². The first-order valence-corrected chi connectivity index (χ1v) is 14.1. The number of hydrogen-bond acceptors (Lipinski definition) is 2. The lowest BCUT2D eigenvalue weighted by Crippen LogP contribution is -1.96. The van der Waals surface area contributed by atoms with Crippen LogP contribution in [0, 0.1) is 0 Å². The van der Waals surface area contributed by atoms with Crippen molar-refractivity contribution in [2.75, 3.05) is 0 Å². The molecule has 9 aromatic rings. The van der Waals surface area contributed by atoms with Gasteiger partial charge in [-0.2, -0.15) is 0 Å². The normalized spacial score (nSPS) is 12.8. The van der Waals surface area contributed by atoms with Gasteiger partial charge in [-0.1, -0.05) is 72.8 Å². The lowest BCUT2D eigenvalue weighted by molar-refractivity contribution is 1.18. The third kappa shape index (κ3) is 2.64. The molecular weight excluding hydrogens is 500 g/mol. The Bertz CT molecular complexity index is 2550. The monoisotopic (exact) mass is 522 g/mol. The molecule has 4 nitrogen and oxygen atoms in total. The molecule has 190 valence electrons. The average Bonchev–Trinajstić information content (AvgIpc) is 3.71. The third-order valence-corrected chi connectivity index (χ3v) is 9.00. The smallest absolute Gasteiger partial charge is 0.146 e. The molecule has 0 atom stereocenters. The van der Waals surface area contributed by atoms with Crippen LogP contribution in [-0.2, 0) is 6.42 Å². The van der Waals surface area contributed by atoms with Gasteiger partial charge >= 0.3 is 0 Å². The number of nitrogens with zero attached hydrogens (tertiary/aromatic N) is 4. The highest BCUT2D eigenvalue weighted by atomic mass is 15.0. The standard InChI is InChI=1S/C37H22N4/c1-2-8-23(9-3-1)40-31-12-6-4-10-24(31)28-15-14-22-20-29-27(34(22)36(28)40)17-16-26-25-18-19-38-21-33(25)41-32-13-7-5-11-30(32)39-37(41)35(26)29/h1-19,21H,20H2. The molecule has 0 N–H and O–H groups in total. The number of pyridine rings is 2. The van der Waals surface area contributed by atoms with Crippen molar-refractivity contribution in [1.29, 1.82) is 0 Å². The van der Waals surface area contributed by atoms with Crippen LogP contribution >= 0.6 is 0 Å². The summed E-state index contributed by atoms with van der Waals surface area (Å²) in [6, 6.07) is 39.4. The van der Waals surface area contributed by atoms with Gasteiger partial charge in [-0.15, -0.1) is 0 Å². The fraction of sp³-hybridized carbons (Fsp3) is 0.0270. The summed E-state index contributed by atoms with van der Waals surface area (Å²) in [6.45, 7) is 0. The SMILES string of the molecule is c1ccc(-n2c3ccccc3c3ccc4c(c32)-c2ccc3c5ccncc5n5c6ccccc6nc5c3c2C4)cc1. The van der Waals surface area contributed by atoms with E-state index in [0.29, 0.717) is 0 Å². The zero-order valence-corrected chi connectivity index (χ0v) is 22.0. The molecule has 41 heavy (non-hydrogen) atoms. The maximum atomic E-state index is 5.23. The summed E-state index contributed by atoms with van der Waals surface area (Å²) < 4.78 is 4.76. The van der Waals surface area contributed by atoms with E-state index in [2.05, 4.69) is 123 Å². The molecule has 0 saturated carbocycles. The fourth-order valence-corrected chi connectivity index (χ4v) is 7.36. The third-order valence-electron chi connectivity index (χ3n) is 9.00. The van der Waals surface area contributed by atoms with Crippen molar-refractivity contribution < 1.29 is 0 Å². The molecule has 0 fully saturated rings. The Labute approximate surface area is 234 Å². The Balaban J connectivity index is 1.40. The van der Waals surface area contributed by atoms with Crippen LogP contribution in [0.15, 0.2) is 122 Å². The second kappa shape index (κ2) is 7.58. The first-order chi connectivity index (χ1) is 20.4. The van der Waals surface area contributed by atoms with Crippen molar-refractivity contribution in [3.63, 3.8) is 0 Å². The average molecular weight is 523 g/mol. The van der Waals surface area contributed by atoms with Crippen LogP contribution in [-0.4, -0.2) is 18.9 Å². The van der Waals surface area contributed by atoms with Gasteiger partial charge in [0.2, 0.25) is 0 Å². The first kappa shape index (κ1) is 21.4. The number of benzene rings is 5. The lowest BCUT2D eigenvalue weighted by Gasteiger charge is -2.13. The van der Waals surface area contributed by atoms with Crippen LogP contribution < -0.4 is 0 Å². The highest BCUT2D eigenvalue weighted by molar-refractivity contribution is 6.20. The van der Waals surface area contributed by atoms with Gasteiger partial charge in [0.1, 0.15) is 5.65 Å². The summed E-state index contributed by atoms with van der Waals surface area (Å²) in [7, 11) is 0. The zero-order valence-electron chi connectivity index (χ0n) is 22.0. The molecule has 1 aliphatic rings. The van der Waals surface area contributed by atoms with Gasteiger partial charge in [-0.3, -0.25) is 9.38 Å². The molecule has 0 radical (unpaired) electrons. The highest BCUT2D eigenvalue weighted by Crippen LogP contribution is 2.48. The van der Waals surface area contributed by atoms with Crippen LogP contribution in [0.2, 0.25) is 0 Å². The van der Waals surface area contributed by atoms with Crippen LogP contribution in [0.1, 0.15) is 11.1 Å². The Morgan fingerprint density at radius 2 is 1.39 bits per heavy atom. The number of para-hydroxylation sites is 4. The molecule has 0 amide bonds. The Morgan fingerprint density at radius 1 is 0.610 bits per heavy atom. The lowest BCUT2D eigenvalue weighted by atomic mass is 9.97. The molecule has 0 unspecified atom stereocenters. The van der Waals surface area contributed by atoms with Crippen molar-refractivity contribution in [2.24, 2.45) is 0 Å². The van der Waals surface area contributed by atoms with E-state index in [-0.39, 0.29) is 0 Å². The molecule has 0 aliphatic heterocycles. The van der Waals surface area contributed by atoms with Crippen molar-refractivity contribution in [3.05, 3.63) is 133 Å². The van der Waals surface area contributed by atoms with Gasteiger partial charge < -0.3 is 4.57 Å². The summed E-state index contributed by atoms with van der Waals surface area (Å²) in [5.74, 6) is 0. The maximum absolute atomic E-state index is 5.23. The van der Waals surface area contributed by atoms with E-state index in [1.165, 1.54) is 65.9 Å². The minimum absolute atomic E-state index is 0.879. The summed E-state index contributed by atoms with van der Waals surface area (Å²) >= 11 is 0. The highest BCUT2D eigenvalue weighted by Gasteiger charge is 2.28. The van der Waals surface area contributed by atoms with Gasteiger partial charge in [0.05, 0.1) is 33.8 Å². The van der Waals surface area contributed by atoms with Gasteiger partial charge in [0.25, 0.3) is 0 Å². The van der Waals surface area contributed by atoms with Crippen LogP contribution in [0.3, 0.4) is 0 Å². The molecule has 10 rings (SSSR count). The number of rotatable bonds is 1. The van der Waals surface area contributed by atoms with E-state index in [1.807, 2.05) is 12.4 Å². The summed E-state index contributed by atoms with van der Waals surface area (Å²) in [6.07, 6.45) is 4.75. The molecule has 1 aliphatic carbocycles. The van der Waals surface area contributed by atoms with E-state index in [4.69, 9.17) is 4.98 Å². The molecule has 0 bridgehead atoms. The van der Waals surface area contributed by atoms with Gasteiger partial charge in [-0.05, 0) is 64.9 Å². The number of aromatic nitrogens is 4. The van der Waals surface area contributed by atoms with Crippen LogP contribution in [0.5, 0.6) is 0 Å². The van der Waals surface area contributed by atoms with E-state index in [9.17, 15) is 0 Å². The summed E-state index contributed by atoms with van der Waals surface area (Å²) in [5.41, 5.74) is 13.3. The molecule has 4 aromatic heterocycles. The van der Waals surface area contributed by atoms with E-state index < -0.39 is 0 Å². The fourth-order valence-electron chi connectivity index (χ4n) is 7.36. The Kier molecular flexibility index (Phi) is 3.95. The van der Waals surface area contributed by atoms with Crippen molar-refractivity contribution in [2.45, 2.75) is 6.42 Å². The largest absolute Gasteiger partial charge is 0.309 e. The van der Waals surface area contributed by atoms with E-state index in [0.717, 1.165) is 28.6 Å². The molecule has 5 aromatic carbocycles. The predicted molar refractivity (Wildman–Crippen MR) is 168 cm³/mol. The minimum Gasteiger partial charge on any atom is -0.309 e. The number of fused-ring (bicyclic) bond motifs is 16. The zero-order chi connectivity index (χ0) is 26.7. The van der Waals surface area contributed by atoms with Gasteiger partial charge in [-0.25, -0.2) is 4.98 Å². The van der Waals surface area contributed by atoms with E-state index in [1.54, 1.807) is 0 Å². The summed E-state index contributed by atoms with van der Waals surface area (Å²) in [5, 5.41) is 6.25. The predicted octanol–water partition coefficient (Wildman–Crippen LogP) is 8.86. The molecule has 4 heteroatoms. The minimum atomic E-state index is 0.879. The number of imidazole rings is 1. The second-order valence-corrected chi connectivity index (χ2v) is 11.0. The molecule has 4 heterocycles. The molecule has 0 saturated heterocycles. The van der Waals surface area contributed by atoms with Gasteiger partial charge in [0, 0.05) is 39.0 Å². The van der Waals surface area contributed by atoms with Crippen molar-refractivity contribution in [3.8, 4) is 16.8 Å². The van der Waals surface area contributed by atoms with Gasteiger partial charge in [0.15, 0.2) is 0 Å². The topological polar surface area (TPSA) is 35.1 Å². The quantitative estimate of drug-likeness (QED) is 0.202. The first-order valence-electron chi connectivity index (χ1n) is 14.1. The van der Waals surface area contributed by atoms with Crippen molar-refractivity contribution in [1.82, 2.24) is 18.9 Å². The second-order valence-electron chi connectivity index (χ2n) is 11.0.